The lowest BCUT2D eigenvalue weighted by Gasteiger charge is -2.00. The van der Waals surface area contributed by atoms with Crippen LogP contribution >= 0.6 is 0 Å². The molecule has 4 aromatic rings. The van der Waals surface area contributed by atoms with Gasteiger partial charge in [0.25, 0.3) is 0 Å². The molecular weight excluding hydrogens is 251 g/mol. The van der Waals surface area contributed by atoms with Crippen molar-refractivity contribution in [3.05, 3.63) is 66.5 Å². The summed E-state index contributed by atoms with van der Waals surface area (Å²) in [7, 11) is 0. The van der Waals surface area contributed by atoms with Gasteiger partial charge in [-0.2, -0.15) is 5.10 Å². The first kappa shape index (κ1) is 11.2. The zero-order valence-corrected chi connectivity index (χ0v) is 10.6. The average molecular weight is 262 g/mol. The van der Waals surface area contributed by atoms with E-state index in [4.69, 9.17) is 0 Å². The molecule has 0 aliphatic heterocycles. The van der Waals surface area contributed by atoms with Crippen molar-refractivity contribution in [2.75, 3.05) is 0 Å². The van der Waals surface area contributed by atoms with Gasteiger partial charge in [0, 0.05) is 10.9 Å². The number of rotatable bonds is 1. The monoisotopic (exact) mass is 262 g/mol. The third kappa shape index (κ3) is 1.67. The third-order valence-electron chi connectivity index (χ3n) is 3.55. The predicted octanol–water partition coefficient (Wildman–Crippen LogP) is 4.52. The van der Waals surface area contributed by atoms with Crippen LogP contribution in [0.5, 0.6) is 0 Å². The summed E-state index contributed by atoms with van der Waals surface area (Å²) in [6.07, 6.45) is 0. The van der Waals surface area contributed by atoms with Crippen molar-refractivity contribution in [1.29, 1.82) is 0 Å². The van der Waals surface area contributed by atoms with Crippen molar-refractivity contribution in [2.24, 2.45) is 0 Å². The Hall–Kier alpha value is -2.68. The first-order valence-electron chi connectivity index (χ1n) is 6.44. The molecule has 1 N–H and O–H groups in total. The second-order valence-corrected chi connectivity index (χ2v) is 4.82. The van der Waals surface area contributed by atoms with Crippen molar-refractivity contribution in [3.63, 3.8) is 0 Å². The standard InChI is InChI=1S/C17H11FN2/c18-14-7-5-11(6-8-14)17-15-9-12-3-1-2-4-13(12)10-16(15)19-20-17/h1-10H,(H,19,20). The van der Waals surface area contributed by atoms with Crippen molar-refractivity contribution >= 4 is 21.7 Å². The molecule has 3 aromatic carbocycles. The zero-order valence-electron chi connectivity index (χ0n) is 10.6. The molecule has 0 unspecified atom stereocenters. The molecule has 1 aromatic heterocycles. The number of benzene rings is 3. The second kappa shape index (κ2) is 4.17. The number of H-pyrrole nitrogens is 1. The van der Waals surface area contributed by atoms with E-state index in [0.29, 0.717) is 0 Å². The molecule has 0 atom stereocenters. The van der Waals surface area contributed by atoms with Gasteiger partial charge < -0.3 is 0 Å². The molecule has 0 saturated carbocycles. The Balaban J connectivity index is 2.00. The van der Waals surface area contributed by atoms with E-state index in [9.17, 15) is 4.39 Å². The van der Waals surface area contributed by atoms with Crippen LogP contribution in [0.4, 0.5) is 4.39 Å². The molecule has 0 aliphatic carbocycles. The number of aromatic amines is 1. The van der Waals surface area contributed by atoms with Crippen molar-refractivity contribution < 1.29 is 4.39 Å². The summed E-state index contributed by atoms with van der Waals surface area (Å²) >= 11 is 0. The molecule has 0 amide bonds. The van der Waals surface area contributed by atoms with Crippen LogP contribution in [0.25, 0.3) is 32.9 Å². The second-order valence-electron chi connectivity index (χ2n) is 4.82. The molecule has 0 saturated heterocycles. The number of nitrogens with zero attached hydrogens (tertiary/aromatic N) is 1. The Labute approximate surface area is 114 Å². The van der Waals surface area contributed by atoms with Crippen LogP contribution in [0.2, 0.25) is 0 Å². The summed E-state index contributed by atoms with van der Waals surface area (Å²) in [5, 5.41) is 10.8. The lowest BCUT2D eigenvalue weighted by Crippen LogP contribution is -1.80. The number of aromatic nitrogens is 2. The van der Waals surface area contributed by atoms with E-state index in [1.54, 1.807) is 12.1 Å². The normalized spacial score (nSPS) is 11.2. The van der Waals surface area contributed by atoms with E-state index in [1.165, 1.54) is 22.9 Å². The largest absolute Gasteiger partial charge is 0.277 e. The van der Waals surface area contributed by atoms with Gasteiger partial charge in [0.15, 0.2) is 0 Å². The molecule has 0 aliphatic rings. The lowest BCUT2D eigenvalue weighted by molar-refractivity contribution is 0.628. The van der Waals surface area contributed by atoms with Crippen LogP contribution in [0.15, 0.2) is 60.7 Å². The molecule has 2 nitrogen and oxygen atoms in total. The molecule has 0 fully saturated rings. The van der Waals surface area contributed by atoms with E-state index in [1.807, 2.05) is 12.1 Å². The minimum atomic E-state index is -0.237. The SMILES string of the molecule is Fc1ccc(-c2n[nH]c3cc4ccccc4cc23)cc1. The fourth-order valence-electron chi connectivity index (χ4n) is 2.53. The van der Waals surface area contributed by atoms with Gasteiger partial charge in [-0.25, -0.2) is 4.39 Å². The summed E-state index contributed by atoms with van der Waals surface area (Å²) in [6, 6.07) is 18.8. The topological polar surface area (TPSA) is 28.7 Å². The quantitative estimate of drug-likeness (QED) is 0.536. The van der Waals surface area contributed by atoms with Crippen LogP contribution in [0.3, 0.4) is 0 Å². The summed E-state index contributed by atoms with van der Waals surface area (Å²) in [5.41, 5.74) is 2.75. The van der Waals surface area contributed by atoms with Gasteiger partial charge in [0.05, 0.1) is 11.2 Å². The summed E-state index contributed by atoms with van der Waals surface area (Å²) in [5.74, 6) is -0.237. The summed E-state index contributed by atoms with van der Waals surface area (Å²) < 4.78 is 13.0. The molecule has 0 spiro atoms. The smallest absolute Gasteiger partial charge is 0.123 e. The third-order valence-corrected chi connectivity index (χ3v) is 3.55. The Morgan fingerprint density at radius 1 is 0.850 bits per heavy atom. The van der Waals surface area contributed by atoms with Crippen molar-refractivity contribution in [3.8, 4) is 11.3 Å². The highest BCUT2D eigenvalue weighted by Crippen LogP contribution is 2.29. The molecule has 4 rings (SSSR count). The maximum absolute atomic E-state index is 13.0. The number of hydrogen-bond acceptors (Lipinski definition) is 1. The van der Waals surface area contributed by atoms with Gasteiger partial charge in [-0.15, -0.1) is 0 Å². The highest BCUT2D eigenvalue weighted by molar-refractivity contribution is 6.02. The van der Waals surface area contributed by atoms with Crippen molar-refractivity contribution in [2.45, 2.75) is 0 Å². The van der Waals surface area contributed by atoms with Crippen LogP contribution in [0, 0.1) is 5.82 Å². The first-order chi connectivity index (χ1) is 9.81. The van der Waals surface area contributed by atoms with E-state index in [-0.39, 0.29) is 5.82 Å². The van der Waals surface area contributed by atoms with Gasteiger partial charge in [-0.3, -0.25) is 5.10 Å². The maximum Gasteiger partial charge on any atom is 0.123 e. The van der Waals surface area contributed by atoms with Crippen LogP contribution < -0.4 is 0 Å². The molecular formula is C17H11FN2. The molecule has 20 heavy (non-hydrogen) atoms. The number of hydrogen-bond donors (Lipinski definition) is 1. The molecule has 96 valence electrons. The highest BCUT2D eigenvalue weighted by Gasteiger charge is 2.09. The number of nitrogens with one attached hydrogen (secondary N) is 1. The maximum atomic E-state index is 13.0. The Morgan fingerprint density at radius 3 is 2.30 bits per heavy atom. The molecule has 1 heterocycles. The van der Waals surface area contributed by atoms with E-state index in [2.05, 4.69) is 34.5 Å². The predicted molar refractivity (Wildman–Crippen MR) is 79.0 cm³/mol. The van der Waals surface area contributed by atoms with Gasteiger partial charge >= 0.3 is 0 Å². The minimum absolute atomic E-state index is 0.237. The number of halogens is 1. The summed E-state index contributed by atoms with van der Waals surface area (Å²) in [4.78, 5) is 0. The van der Waals surface area contributed by atoms with Crippen LogP contribution in [-0.4, -0.2) is 10.2 Å². The Morgan fingerprint density at radius 2 is 1.55 bits per heavy atom. The fourth-order valence-corrected chi connectivity index (χ4v) is 2.53. The van der Waals surface area contributed by atoms with Crippen molar-refractivity contribution in [1.82, 2.24) is 10.2 Å². The average Bonchev–Trinajstić information content (AvgIpc) is 2.88. The van der Waals surface area contributed by atoms with E-state index in [0.717, 1.165) is 22.2 Å². The van der Waals surface area contributed by atoms with Crippen LogP contribution in [-0.2, 0) is 0 Å². The first-order valence-corrected chi connectivity index (χ1v) is 6.44. The Kier molecular flexibility index (Phi) is 2.33. The van der Waals surface area contributed by atoms with Gasteiger partial charge in [-0.05, 0) is 47.2 Å². The summed E-state index contributed by atoms with van der Waals surface area (Å²) in [6.45, 7) is 0. The van der Waals surface area contributed by atoms with Gasteiger partial charge in [-0.1, -0.05) is 24.3 Å². The fraction of sp³-hybridized carbons (Fsp3) is 0. The zero-order chi connectivity index (χ0) is 13.5. The number of fused-ring (bicyclic) bond motifs is 2. The molecule has 0 radical (unpaired) electrons. The Bertz CT molecular complexity index is 907. The highest BCUT2D eigenvalue weighted by atomic mass is 19.1. The molecule has 0 bridgehead atoms. The van der Waals surface area contributed by atoms with Crippen LogP contribution in [0.1, 0.15) is 0 Å². The molecule has 3 heteroatoms. The minimum Gasteiger partial charge on any atom is -0.277 e. The lowest BCUT2D eigenvalue weighted by atomic mass is 10.0. The van der Waals surface area contributed by atoms with E-state index < -0.39 is 0 Å². The van der Waals surface area contributed by atoms with E-state index >= 15 is 0 Å². The van der Waals surface area contributed by atoms with Gasteiger partial charge in [0.2, 0.25) is 0 Å². The van der Waals surface area contributed by atoms with Gasteiger partial charge in [0.1, 0.15) is 5.82 Å².